The standard InChI is InChI=1S/C28H25FN2O6S/c1-5-13-37-20-12-9-18(14-15(20)3)23(32)21-22(17-7-10-19(29)11-8-17)31(26(34)24(21)33)28-30-16(4)25(38-28)27(35)36-6-2/h5,7-12,14,22,32H,1,6,13H2,2-4H3/t22-/m0/s1. The van der Waals surface area contributed by atoms with Gasteiger partial charge in [-0.05, 0) is 62.2 Å². The fourth-order valence-corrected chi connectivity index (χ4v) is 5.11. The predicted octanol–water partition coefficient (Wildman–Crippen LogP) is 5.27. The molecule has 1 amide bonds. The third-order valence-corrected chi connectivity index (χ3v) is 7.02. The normalized spacial score (nSPS) is 16.5. The van der Waals surface area contributed by atoms with Crippen molar-refractivity contribution in [2.45, 2.75) is 26.8 Å². The van der Waals surface area contributed by atoms with Crippen LogP contribution in [0.2, 0.25) is 0 Å². The molecule has 38 heavy (non-hydrogen) atoms. The lowest BCUT2D eigenvalue weighted by atomic mass is 9.95. The van der Waals surface area contributed by atoms with E-state index >= 15 is 0 Å². The third-order valence-electron chi connectivity index (χ3n) is 5.89. The van der Waals surface area contributed by atoms with Crippen molar-refractivity contribution in [1.82, 2.24) is 4.98 Å². The van der Waals surface area contributed by atoms with Gasteiger partial charge in [0.15, 0.2) is 5.13 Å². The van der Waals surface area contributed by atoms with E-state index < -0.39 is 35.3 Å². The van der Waals surface area contributed by atoms with Crippen molar-refractivity contribution in [2.75, 3.05) is 18.1 Å². The van der Waals surface area contributed by atoms with E-state index in [0.717, 1.165) is 16.2 Å². The van der Waals surface area contributed by atoms with Crippen LogP contribution in [0.4, 0.5) is 9.52 Å². The van der Waals surface area contributed by atoms with Crippen LogP contribution in [0.1, 0.15) is 45.0 Å². The number of ether oxygens (including phenoxy) is 2. The first kappa shape index (κ1) is 26.7. The summed E-state index contributed by atoms with van der Waals surface area (Å²) >= 11 is 0.898. The van der Waals surface area contributed by atoms with Crippen LogP contribution >= 0.6 is 11.3 Å². The van der Waals surface area contributed by atoms with Gasteiger partial charge in [0.05, 0.1) is 23.9 Å². The van der Waals surface area contributed by atoms with Gasteiger partial charge in [-0.3, -0.25) is 14.5 Å². The Labute approximate surface area is 222 Å². The summed E-state index contributed by atoms with van der Waals surface area (Å²) in [5, 5.41) is 11.4. The number of aliphatic hydroxyl groups is 1. The minimum atomic E-state index is -1.12. The van der Waals surface area contributed by atoms with E-state index in [-0.39, 0.29) is 22.2 Å². The summed E-state index contributed by atoms with van der Waals surface area (Å²) in [5.41, 5.74) is 1.50. The SMILES string of the molecule is C=CCOc1ccc(C(O)=C2C(=O)C(=O)N(c3nc(C)c(C(=O)OCC)s3)[C@H]2c2ccc(F)cc2)cc1C. The first-order valence-electron chi connectivity index (χ1n) is 11.7. The number of anilines is 1. The lowest BCUT2D eigenvalue weighted by Crippen LogP contribution is -2.29. The molecular formula is C28H25FN2O6S. The first-order chi connectivity index (χ1) is 18.2. The number of ketones is 1. The number of esters is 1. The molecule has 1 atom stereocenters. The van der Waals surface area contributed by atoms with Gasteiger partial charge in [0.1, 0.15) is 28.8 Å². The number of hydrogen-bond donors (Lipinski definition) is 1. The van der Waals surface area contributed by atoms with E-state index in [1.54, 1.807) is 45.0 Å². The molecule has 1 fully saturated rings. The van der Waals surface area contributed by atoms with Gasteiger partial charge in [-0.15, -0.1) is 0 Å². The molecule has 8 nitrogen and oxygen atoms in total. The van der Waals surface area contributed by atoms with Crippen molar-refractivity contribution in [3.63, 3.8) is 0 Å². The molecule has 0 bridgehead atoms. The molecule has 196 valence electrons. The van der Waals surface area contributed by atoms with Crippen molar-refractivity contribution in [3.8, 4) is 5.75 Å². The number of Topliss-reactive ketones (excluding diaryl/α,β-unsaturated/α-hetero) is 1. The lowest BCUT2D eigenvalue weighted by Gasteiger charge is -2.23. The molecular weight excluding hydrogens is 511 g/mol. The number of aromatic nitrogens is 1. The van der Waals surface area contributed by atoms with Crippen LogP contribution in [0.25, 0.3) is 5.76 Å². The second kappa shape index (κ2) is 11.0. The number of aryl methyl sites for hydroxylation is 2. The van der Waals surface area contributed by atoms with E-state index in [0.29, 0.717) is 34.7 Å². The Kier molecular flexibility index (Phi) is 7.72. The topological polar surface area (TPSA) is 106 Å². The number of benzene rings is 2. The first-order valence-corrected chi connectivity index (χ1v) is 12.5. The summed E-state index contributed by atoms with van der Waals surface area (Å²) in [5.74, 6) is -2.82. The average molecular weight is 537 g/mol. The Hall–Kier alpha value is -4.31. The number of amides is 1. The maximum absolute atomic E-state index is 13.8. The monoisotopic (exact) mass is 536 g/mol. The number of halogens is 1. The molecule has 0 saturated carbocycles. The smallest absolute Gasteiger partial charge is 0.350 e. The highest BCUT2D eigenvalue weighted by Crippen LogP contribution is 2.44. The average Bonchev–Trinajstić information content (AvgIpc) is 3.40. The van der Waals surface area contributed by atoms with Crippen LogP contribution in [0, 0.1) is 19.7 Å². The van der Waals surface area contributed by atoms with Crippen LogP contribution in [0.15, 0.2) is 60.7 Å². The van der Waals surface area contributed by atoms with Crippen LogP contribution in [-0.2, 0) is 14.3 Å². The number of nitrogens with zero attached hydrogens (tertiary/aromatic N) is 2. The second-order valence-electron chi connectivity index (χ2n) is 8.43. The number of carbonyl (C=O) groups excluding carboxylic acids is 3. The van der Waals surface area contributed by atoms with Crippen LogP contribution in [-0.4, -0.2) is 41.0 Å². The van der Waals surface area contributed by atoms with Crippen LogP contribution in [0.5, 0.6) is 5.75 Å². The predicted molar refractivity (Wildman–Crippen MR) is 141 cm³/mol. The minimum absolute atomic E-state index is 0.0744. The zero-order valence-corrected chi connectivity index (χ0v) is 21.8. The second-order valence-corrected chi connectivity index (χ2v) is 9.41. The Morgan fingerprint density at radius 3 is 2.55 bits per heavy atom. The molecule has 1 aliphatic rings. The highest BCUT2D eigenvalue weighted by atomic mass is 32.1. The number of hydrogen-bond acceptors (Lipinski definition) is 8. The summed E-state index contributed by atoms with van der Waals surface area (Å²) in [6.07, 6.45) is 1.60. The van der Waals surface area contributed by atoms with E-state index in [1.807, 2.05) is 0 Å². The van der Waals surface area contributed by atoms with E-state index in [4.69, 9.17) is 9.47 Å². The van der Waals surface area contributed by atoms with Gasteiger partial charge in [-0.1, -0.05) is 36.1 Å². The van der Waals surface area contributed by atoms with Crippen molar-refractivity contribution in [1.29, 1.82) is 0 Å². The molecule has 2 aromatic carbocycles. The Morgan fingerprint density at radius 1 is 1.21 bits per heavy atom. The molecule has 10 heteroatoms. The van der Waals surface area contributed by atoms with Gasteiger partial charge in [-0.2, -0.15) is 0 Å². The highest BCUT2D eigenvalue weighted by molar-refractivity contribution is 7.17. The van der Waals surface area contributed by atoms with Crippen molar-refractivity contribution in [2.24, 2.45) is 0 Å². The van der Waals surface area contributed by atoms with Gasteiger partial charge >= 0.3 is 11.9 Å². The van der Waals surface area contributed by atoms with Crippen LogP contribution in [0.3, 0.4) is 0 Å². The Morgan fingerprint density at radius 2 is 1.92 bits per heavy atom. The highest BCUT2D eigenvalue weighted by Gasteiger charge is 2.48. The van der Waals surface area contributed by atoms with Crippen LogP contribution < -0.4 is 9.64 Å². The van der Waals surface area contributed by atoms with Gasteiger partial charge in [0, 0.05) is 5.56 Å². The third kappa shape index (κ3) is 4.95. The maximum atomic E-state index is 13.8. The van der Waals surface area contributed by atoms with Crippen molar-refractivity contribution < 1.29 is 33.4 Å². The molecule has 0 aliphatic carbocycles. The Balaban J connectivity index is 1.87. The fourth-order valence-electron chi connectivity index (χ4n) is 4.12. The zero-order chi connectivity index (χ0) is 27.6. The summed E-state index contributed by atoms with van der Waals surface area (Å²) < 4.78 is 24.4. The van der Waals surface area contributed by atoms with Crippen molar-refractivity contribution in [3.05, 3.63) is 93.8 Å². The number of aliphatic hydroxyl groups excluding tert-OH is 1. The minimum Gasteiger partial charge on any atom is -0.507 e. The zero-order valence-electron chi connectivity index (χ0n) is 21.0. The molecule has 0 radical (unpaired) electrons. The quantitative estimate of drug-likeness (QED) is 0.138. The molecule has 0 spiro atoms. The van der Waals surface area contributed by atoms with Crippen molar-refractivity contribution >= 4 is 39.9 Å². The number of thiazole rings is 1. The summed E-state index contributed by atoms with van der Waals surface area (Å²) in [6.45, 7) is 9.11. The molecule has 1 aliphatic heterocycles. The number of rotatable bonds is 8. The summed E-state index contributed by atoms with van der Waals surface area (Å²) in [4.78, 5) is 44.7. The molecule has 1 aromatic heterocycles. The molecule has 3 aromatic rings. The van der Waals surface area contributed by atoms with Gasteiger partial charge in [-0.25, -0.2) is 14.2 Å². The molecule has 4 rings (SSSR count). The number of carbonyl (C=O) groups is 3. The summed E-state index contributed by atoms with van der Waals surface area (Å²) in [7, 11) is 0. The summed E-state index contributed by atoms with van der Waals surface area (Å²) in [6, 6.07) is 8.98. The largest absolute Gasteiger partial charge is 0.507 e. The molecule has 1 saturated heterocycles. The maximum Gasteiger partial charge on any atom is 0.350 e. The Bertz CT molecular complexity index is 1460. The van der Waals surface area contributed by atoms with E-state index in [9.17, 15) is 23.9 Å². The lowest BCUT2D eigenvalue weighted by molar-refractivity contribution is -0.132. The molecule has 1 N–H and O–H groups in total. The van der Waals surface area contributed by atoms with Gasteiger partial charge in [0.2, 0.25) is 0 Å². The van der Waals surface area contributed by atoms with E-state index in [2.05, 4.69) is 11.6 Å². The fraction of sp³-hybridized carbons (Fsp3) is 0.214. The molecule has 2 heterocycles. The van der Waals surface area contributed by atoms with E-state index in [1.165, 1.54) is 24.3 Å². The van der Waals surface area contributed by atoms with Gasteiger partial charge in [0.25, 0.3) is 5.78 Å². The van der Waals surface area contributed by atoms with Gasteiger partial charge < -0.3 is 14.6 Å². The molecule has 0 unspecified atom stereocenters.